The molecule has 0 atom stereocenters. The van der Waals surface area contributed by atoms with Gasteiger partial charge in [-0.1, -0.05) is 178 Å². The Hall–Kier alpha value is -8.06. The van der Waals surface area contributed by atoms with Crippen molar-refractivity contribution in [3.8, 4) is 5.69 Å². The molecule has 308 valence electrons. The van der Waals surface area contributed by atoms with Crippen LogP contribution < -0.4 is 25.6 Å². The zero-order valence-corrected chi connectivity index (χ0v) is 37.1. The van der Waals surface area contributed by atoms with E-state index in [9.17, 15) is 0 Å². The quantitative estimate of drug-likeness (QED) is 0.0950. The topological polar surface area (TPSA) is 38.4 Å². The van der Waals surface area contributed by atoms with Crippen LogP contribution in [-0.4, -0.2) is 27.0 Å². The normalized spacial score (nSPS) is 13.5. The standard InChI is InChI=1S/C59H43N5Si/c1-59(2)50-29-14-17-32-53(50)63(40-19-6-3-7-20-40)54-39-61-58-55(56(54)59)48-28-13-16-31-52(48)64(58)41-21-18-26-44(37-41)65(42-22-8-4-9-23-42,43-24-10-5-11-25-43)45-33-34-46-47-27-12-15-30-51(47)62-36-35-60-57(62)49(46)38-45/h3-39H,1-2H3. The zero-order chi connectivity index (χ0) is 43.3. The highest BCUT2D eigenvalue weighted by Crippen LogP contribution is 2.54. The molecule has 1 aliphatic rings. The molecule has 1 aliphatic heterocycles. The number of imidazole rings is 1. The second-order valence-electron chi connectivity index (χ2n) is 17.8. The highest BCUT2D eigenvalue weighted by molar-refractivity contribution is 7.20. The Morgan fingerprint density at radius 1 is 0.446 bits per heavy atom. The van der Waals surface area contributed by atoms with Gasteiger partial charge in [0.2, 0.25) is 0 Å². The zero-order valence-electron chi connectivity index (χ0n) is 36.1. The molecule has 0 fully saturated rings. The summed E-state index contributed by atoms with van der Waals surface area (Å²) in [6.07, 6.45) is 6.12. The highest BCUT2D eigenvalue weighted by Gasteiger charge is 2.43. The maximum absolute atomic E-state index is 5.49. The van der Waals surface area contributed by atoms with Crippen LogP contribution in [0.4, 0.5) is 17.1 Å². The summed E-state index contributed by atoms with van der Waals surface area (Å²) in [7, 11) is -3.04. The minimum absolute atomic E-state index is 0.320. The van der Waals surface area contributed by atoms with Gasteiger partial charge in [-0.2, -0.15) is 0 Å². The Balaban J connectivity index is 1.10. The van der Waals surface area contributed by atoms with Crippen molar-refractivity contribution in [2.24, 2.45) is 0 Å². The summed E-state index contributed by atoms with van der Waals surface area (Å²) in [5.74, 6) is 0. The average Bonchev–Trinajstić information content (AvgIpc) is 4.00. The summed E-state index contributed by atoms with van der Waals surface area (Å²) in [6, 6.07) is 76.1. The number of benzene rings is 8. The predicted octanol–water partition coefficient (Wildman–Crippen LogP) is 11.6. The molecule has 4 aromatic heterocycles. The van der Waals surface area contributed by atoms with E-state index in [1.54, 1.807) is 0 Å². The van der Waals surface area contributed by atoms with Gasteiger partial charge in [-0.05, 0) is 79.7 Å². The molecule has 0 aliphatic carbocycles. The van der Waals surface area contributed by atoms with E-state index in [1.165, 1.54) is 59.1 Å². The molecule has 0 saturated heterocycles. The molecule has 0 unspecified atom stereocenters. The van der Waals surface area contributed by atoms with Crippen molar-refractivity contribution in [2.45, 2.75) is 19.3 Å². The number of aromatic nitrogens is 4. The second-order valence-corrected chi connectivity index (χ2v) is 21.6. The fourth-order valence-electron chi connectivity index (χ4n) is 11.4. The van der Waals surface area contributed by atoms with Crippen LogP contribution in [0.25, 0.3) is 54.9 Å². The van der Waals surface area contributed by atoms with Gasteiger partial charge in [-0.15, -0.1) is 0 Å². The lowest BCUT2D eigenvalue weighted by Gasteiger charge is -2.42. The van der Waals surface area contributed by atoms with Crippen LogP contribution in [0, 0.1) is 0 Å². The molecule has 0 amide bonds. The largest absolute Gasteiger partial charge is 0.308 e. The van der Waals surface area contributed by atoms with Crippen LogP contribution in [0.15, 0.2) is 225 Å². The third-order valence-electron chi connectivity index (χ3n) is 14.1. The number of hydrogen-bond donors (Lipinski definition) is 0. The number of anilines is 3. The third kappa shape index (κ3) is 5.32. The lowest BCUT2D eigenvalue weighted by Crippen LogP contribution is -2.74. The Morgan fingerprint density at radius 2 is 1.06 bits per heavy atom. The van der Waals surface area contributed by atoms with E-state index in [0.29, 0.717) is 0 Å². The molecule has 65 heavy (non-hydrogen) atoms. The van der Waals surface area contributed by atoms with Gasteiger partial charge in [0.15, 0.2) is 8.07 Å². The summed E-state index contributed by atoms with van der Waals surface area (Å²) in [4.78, 5) is 12.9. The van der Waals surface area contributed by atoms with Crippen LogP contribution >= 0.6 is 0 Å². The number of nitrogens with zero attached hydrogens (tertiary/aromatic N) is 5. The lowest BCUT2D eigenvalue weighted by atomic mass is 9.72. The smallest absolute Gasteiger partial charge is 0.179 e. The molecule has 8 aromatic carbocycles. The highest BCUT2D eigenvalue weighted by atomic mass is 28.3. The first-order valence-corrected chi connectivity index (χ1v) is 24.4. The van der Waals surface area contributed by atoms with E-state index < -0.39 is 8.07 Å². The van der Waals surface area contributed by atoms with Crippen molar-refractivity contribution in [3.05, 3.63) is 236 Å². The first-order valence-electron chi connectivity index (χ1n) is 22.4. The van der Waals surface area contributed by atoms with E-state index >= 15 is 0 Å². The molecular formula is C59H43N5Si. The summed E-state index contributed by atoms with van der Waals surface area (Å²) < 4.78 is 4.65. The van der Waals surface area contributed by atoms with Crippen LogP contribution in [0.3, 0.4) is 0 Å². The monoisotopic (exact) mass is 849 g/mol. The van der Waals surface area contributed by atoms with E-state index in [4.69, 9.17) is 9.97 Å². The number of hydrogen-bond acceptors (Lipinski definition) is 3. The molecule has 5 heterocycles. The summed E-state index contributed by atoms with van der Waals surface area (Å²) >= 11 is 0. The van der Waals surface area contributed by atoms with Crippen molar-refractivity contribution < 1.29 is 0 Å². The van der Waals surface area contributed by atoms with Gasteiger partial charge >= 0.3 is 0 Å². The minimum atomic E-state index is -3.04. The van der Waals surface area contributed by atoms with Crippen molar-refractivity contribution in [2.75, 3.05) is 4.90 Å². The van der Waals surface area contributed by atoms with Gasteiger partial charge in [0.1, 0.15) is 11.3 Å². The Morgan fingerprint density at radius 3 is 1.83 bits per heavy atom. The molecule has 5 nitrogen and oxygen atoms in total. The SMILES string of the molecule is CC1(C)c2ccccc2N(c2ccccc2)c2cnc3c(c21)c1ccccc1n3-c1cccc([Si](c2ccccc2)(c2ccccc2)c2ccc3c4ccccc4n4ccnc4c3c2)c1. The average molecular weight is 850 g/mol. The van der Waals surface area contributed by atoms with Crippen LogP contribution in [0.2, 0.25) is 0 Å². The fraction of sp³-hybridized carbons (Fsp3) is 0.0508. The van der Waals surface area contributed by atoms with Crippen molar-refractivity contribution in [1.29, 1.82) is 0 Å². The number of rotatable bonds is 6. The Bertz CT molecular complexity index is 3780. The van der Waals surface area contributed by atoms with Gasteiger partial charge in [-0.25, -0.2) is 9.97 Å². The van der Waals surface area contributed by atoms with Crippen molar-refractivity contribution >= 4 is 95.1 Å². The van der Waals surface area contributed by atoms with E-state index in [1.807, 2.05) is 6.20 Å². The van der Waals surface area contributed by atoms with Gasteiger partial charge in [-0.3, -0.25) is 8.97 Å². The molecular weight excluding hydrogens is 807 g/mol. The van der Waals surface area contributed by atoms with Gasteiger partial charge in [0, 0.05) is 50.7 Å². The molecule has 0 spiro atoms. The summed E-state index contributed by atoms with van der Waals surface area (Å²) in [6.45, 7) is 4.75. The van der Waals surface area contributed by atoms with Crippen molar-refractivity contribution in [3.63, 3.8) is 0 Å². The van der Waals surface area contributed by atoms with Crippen LogP contribution in [0.1, 0.15) is 25.0 Å². The second kappa shape index (κ2) is 14.2. The molecule has 6 heteroatoms. The number of para-hydroxylation sites is 4. The first-order chi connectivity index (χ1) is 32.0. The lowest BCUT2D eigenvalue weighted by molar-refractivity contribution is 0.637. The molecule has 0 saturated carbocycles. The minimum Gasteiger partial charge on any atom is -0.308 e. The molecule has 12 aromatic rings. The predicted molar refractivity (Wildman–Crippen MR) is 273 cm³/mol. The fourth-order valence-corrected chi connectivity index (χ4v) is 16.1. The van der Waals surface area contributed by atoms with Gasteiger partial charge < -0.3 is 4.90 Å². The van der Waals surface area contributed by atoms with E-state index in [-0.39, 0.29) is 5.41 Å². The summed E-state index contributed by atoms with van der Waals surface area (Å²) in [5.41, 5.74) is 11.0. The maximum atomic E-state index is 5.49. The summed E-state index contributed by atoms with van der Waals surface area (Å²) in [5, 5.41) is 11.2. The molecule has 0 radical (unpaired) electrons. The number of pyridine rings is 2. The van der Waals surface area contributed by atoms with Gasteiger partial charge in [0.25, 0.3) is 0 Å². The third-order valence-corrected chi connectivity index (χ3v) is 18.9. The molecule has 0 bridgehead atoms. The van der Waals surface area contributed by atoms with Crippen LogP contribution in [-0.2, 0) is 5.41 Å². The van der Waals surface area contributed by atoms with Gasteiger partial charge in [0.05, 0.1) is 28.6 Å². The molecule has 13 rings (SSSR count). The van der Waals surface area contributed by atoms with Crippen LogP contribution in [0.5, 0.6) is 0 Å². The number of fused-ring (bicyclic) bond motifs is 12. The Labute approximate surface area is 378 Å². The van der Waals surface area contributed by atoms with E-state index in [2.05, 4.69) is 246 Å². The maximum Gasteiger partial charge on any atom is 0.179 e. The first kappa shape index (κ1) is 37.5. The van der Waals surface area contributed by atoms with Crippen molar-refractivity contribution in [1.82, 2.24) is 18.9 Å². The molecule has 0 N–H and O–H groups in total. The Kier molecular flexibility index (Phi) is 8.20. The van der Waals surface area contributed by atoms with E-state index in [0.717, 1.165) is 44.8 Å².